The number of nitrogens with one attached hydrogen (secondary N) is 2. The highest BCUT2D eigenvalue weighted by Crippen LogP contribution is 2.09. The van der Waals surface area contributed by atoms with Crippen LogP contribution in [0.1, 0.15) is 12.0 Å². The van der Waals surface area contributed by atoms with Gasteiger partial charge in [0.25, 0.3) is 0 Å². The van der Waals surface area contributed by atoms with Crippen molar-refractivity contribution in [3.8, 4) is 0 Å². The van der Waals surface area contributed by atoms with Gasteiger partial charge in [0.2, 0.25) is 15.9 Å². The molecule has 1 heterocycles. The van der Waals surface area contributed by atoms with Gasteiger partial charge in [-0.15, -0.1) is 0 Å². The van der Waals surface area contributed by atoms with Gasteiger partial charge in [-0.05, 0) is 19.1 Å². The first-order chi connectivity index (χ1) is 8.97. The topological polar surface area (TPSA) is 84.5 Å². The summed E-state index contributed by atoms with van der Waals surface area (Å²) >= 11 is 0. The monoisotopic (exact) mass is 284 g/mol. The van der Waals surface area contributed by atoms with Crippen LogP contribution < -0.4 is 10.0 Å². The summed E-state index contributed by atoms with van der Waals surface area (Å²) in [6.45, 7) is 2.28. The minimum Gasteiger partial charge on any atom is -0.357 e. The molecule has 1 aliphatic heterocycles. The summed E-state index contributed by atoms with van der Waals surface area (Å²) in [7, 11) is -3.49. The number of hydrogen-bond acceptors (Lipinski definition) is 4. The summed E-state index contributed by atoms with van der Waals surface area (Å²) < 4.78 is 31.5. The zero-order chi connectivity index (χ0) is 13.9. The van der Waals surface area contributed by atoms with Gasteiger partial charge in [-0.1, -0.05) is 17.7 Å². The van der Waals surface area contributed by atoms with Gasteiger partial charge in [-0.2, -0.15) is 0 Å². The summed E-state index contributed by atoms with van der Waals surface area (Å²) in [5.74, 6) is -0.0507. The van der Waals surface area contributed by atoms with Crippen molar-refractivity contribution in [1.29, 1.82) is 0 Å². The molecule has 1 saturated heterocycles. The van der Waals surface area contributed by atoms with Crippen molar-refractivity contribution in [2.45, 2.75) is 24.5 Å². The number of ether oxygens (including phenoxy) is 1. The second kappa shape index (κ2) is 5.68. The maximum Gasteiger partial charge on any atom is 0.240 e. The van der Waals surface area contributed by atoms with Crippen LogP contribution in [0.25, 0.3) is 0 Å². The van der Waals surface area contributed by atoms with Crippen LogP contribution in [0.15, 0.2) is 29.2 Å². The molecule has 1 fully saturated rings. The molecule has 1 aromatic rings. The van der Waals surface area contributed by atoms with Gasteiger partial charge in [-0.3, -0.25) is 4.79 Å². The van der Waals surface area contributed by atoms with E-state index in [0.29, 0.717) is 6.42 Å². The van der Waals surface area contributed by atoms with Crippen LogP contribution in [0.5, 0.6) is 0 Å². The number of sulfonamides is 1. The van der Waals surface area contributed by atoms with Gasteiger partial charge < -0.3 is 10.1 Å². The predicted molar refractivity (Wildman–Crippen MR) is 68.9 cm³/mol. The van der Waals surface area contributed by atoms with E-state index in [2.05, 4.69) is 10.0 Å². The lowest BCUT2D eigenvalue weighted by Crippen LogP contribution is -2.50. The summed E-state index contributed by atoms with van der Waals surface area (Å²) in [5.41, 5.74) is 1.00. The molecule has 19 heavy (non-hydrogen) atoms. The summed E-state index contributed by atoms with van der Waals surface area (Å²) in [4.78, 5) is 10.8. The Kier molecular flexibility index (Phi) is 4.18. The Balaban J connectivity index is 1.78. The Morgan fingerprint density at radius 3 is 2.58 bits per heavy atom. The lowest BCUT2D eigenvalue weighted by atomic mass is 10.2. The first-order valence-electron chi connectivity index (χ1n) is 5.95. The molecule has 0 bridgehead atoms. The first kappa shape index (κ1) is 14.0. The number of aryl methyl sites for hydroxylation is 1. The largest absolute Gasteiger partial charge is 0.357 e. The number of rotatable bonds is 6. The van der Waals surface area contributed by atoms with Crippen molar-refractivity contribution in [2.75, 3.05) is 13.2 Å². The highest BCUT2D eigenvalue weighted by atomic mass is 32.2. The first-order valence-corrected chi connectivity index (χ1v) is 7.43. The van der Waals surface area contributed by atoms with Crippen LogP contribution in [0.2, 0.25) is 0 Å². The van der Waals surface area contributed by atoms with Crippen molar-refractivity contribution in [3.63, 3.8) is 0 Å². The number of carbonyl (C=O) groups excluding carboxylic acids is 1. The number of benzene rings is 1. The second-order valence-electron chi connectivity index (χ2n) is 4.34. The smallest absolute Gasteiger partial charge is 0.240 e. The fraction of sp³-hybridized carbons (Fsp3) is 0.417. The standard InChI is InChI=1S/C12H16N2O4S/c1-9-2-4-10(5-3-9)19(16,17)13-6-7-18-12-8-11(15)14-12/h2-5,12-13H,6-8H2,1H3,(H,14,15). The van der Waals surface area contributed by atoms with Gasteiger partial charge in [0, 0.05) is 6.54 Å². The van der Waals surface area contributed by atoms with E-state index in [0.717, 1.165) is 5.56 Å². The molecule has 2 rings (SSSR count). The Bertz CT molecular complexity index is 546. The van der Waals surface area contributed by atoms with E-state index in [1.807, 2.05) is 6.92 Å². The predicted octanol–water partition coefficient (Wildman–Crippen LogP) is 0.136. The average Bonchev–Trinajstić information content (AvgIpc) is 2.32. The summed E-state index contributed by atoms with van der Waals surface area (Å²) in [6.07, 6.45) is 0.0569. The maximum atomic E-state index is 11.9. The van der Waals surface area contributed by atoms with E-state index in [9.17, 15) is 13.2 Å². The van der Waals surface area contributed by atoms with Gasteiger partial charge in [-0.25, -0.2) is 13.1 Å². The lowest BCUT2D eigenvalue weighted by Gasteiger charge is -2.26. The highest BCUT2D eigenvalue weighted by molar-refractivity contribution is 7.89. The van der Waals surface area contributed by atoms with Gasteiger partial charge >= 0.3 is 0 Å². The minimum atomic E-state index is -3.49. The van der Waals surface area contributed by atoms with Gasteiger partial charge in [0.05, 0.1) is 17.9 Å². The Labute approximate surface area is 112 Å². The number of amides is 1. The van der Waals surface area contributed by atoms with E-state index in [1.165, 1.54) is 0 Å². The molecule has 104 valence electrons. The minimum absolute atomic E-state index is 0.0507. The van der Waals surface area contributed by atoms with Crippen LogP contribution >= 0.6 is 0 Å². The zero-order valence-electron chi connectivity index (χ0n) is 10.5. The van der Waals surface area contributed by atoms with E-state index < -0.39 is 10.0 Å². The molecule has 1 atom stereocenters. The Hall–Kier alpha value is -1.44. The molecular formula is C12H16N2O4S. The zero-order valence-corrected chi connectivity index (χ0v) is 11.4. The molecule has 7 heteroatoms. The number of hydrogen-bond donors (Lipinski definition) is 2. The third-order valence-corrected chi connectivity index (χ3v) is 4.21. The van der Waals surface area contributed by atoms with Crippen molar-refractivity contribution in [1.82, 2.24) is 10.0 Å². The van der Waals surface area contributed by atoms with Gasteiger partial charge in [0.1, 0.15) is 6.23 Å². The fourth-order valence-electron chi connectivity index (χ4n) is 1.61. The van der Waals surface area contributed by atoms with Crippen molar-refractivity contribution in [2.24, 2.45) is 0 Å². The fourth-order valence-corrected chi connectivity index (χ4v) is 2.62. The quantitative estimate of drug-likeness (QED) is 0.575. The Morgan fingerprint density at radius 1 is 1.37 bits per heavy atom. The number of β-lactam (4-membered cyclic amide) rings is 1. The molecule has 0 spiro atoms. The normalized spacial score (nSPS) is 18.8. The summed E-state index contributed by atoms with van der Waals surface area (Å²) in [5, 5.41) is 2.54. The number of carbonyl (C=O) groups is 1. The molecule has 0 radical (unpaired) electrons. The third-order valence-electron chi connectivity index (χ3n) is 2.74. The molecule has 1 aliphatic rings. The lowest BCUT2D eigenvalue weighted by molar-refractivity contribution is -0.140. The second-order valence-corrected chi connectivity index (χ2v) is 6.11. The van der Waals surface area contributed by atoms with Crippen LogP contribution in [-0.4, -0.2) is 33.7 Å². The highest BCUT2D eigenvalue weighted by Gasteiger charge is 2.25. The molecule has 0 saturated carbocycles. The molecule has 2 N–H and O–H groups in total. The van der Waals surface area contributed by atoms with Crippen molar-refractivity contribution in [3.05, 3.63) is 29.8 Å². The molecule has 0 aromatic heterocycles. The van der Waals surface area contributed by atoms with Crippen molar-refractivity contribution >= 4 is 15.9 Å². The summed E-state index contributed by atoms with van der Waals surface area (Å²) in [6, 6.07) is 6.61. The molecule has 1 aromatic carbocycles. The molecule has 1 amide bonds. The average molecular weight is 284 g/mol. The van der Waals surface area contributed by atoms with Crippen LogP contribution in [0.3, 0.4) is 0 Å². The molecule has 1 unspecified atom stereocenters. The molecular weight excluding hydrogens is 268 g/mol. The van der Waals surface area contributed by atoms with Crippen LogP contribution in [0, 0.1) is 6.92 Å². The molecule has 0 aliphatic carbocycles. The Morgan fingerprint density at radius 2 is 2.00 bits per heavy atom. The maximum absolute atomic E-state index is 11.9. The third kappa shape index (κ3) is 3.76. The molecule has 6 nitrogen and oxygen atoms in total. The SMILES string of the molecule is Cc1ccc(S(=O)(=O)NCCOC2CC(=O)N2)cc1. The van der Waals surface area contributed by atoms with Crippen LogP contribution in [-0.2, 0) is 19.6 Å². The van der Waals surface area contributed by atoms with Crippen LogP contribution in [0.4, 0.5) is 0 Å². The van der Waals surface area contributed by atoms with Gasteiger partial charge in [0.15, 0.2) is 0 Å². The van der Waals surface area contributed by atoms with E-state index in [-0.39, 0.29) is 30.2 Å². The van der Waals surface area contributed by atoms with E-state index in [1.54, 1.807) is 24.3 Å². The van der Waals surface area contributed by atoms with Crippen molar-refractivity contribution < 1.29 is 17.9 Å². The van der Waals surface area contributed by atoms with E-state index >= 15 is 0 Å². The van der Waals surface area contributed by atoms with E-state index in [4.69, 9.17) is 4.74 Å².